The van der Waals surface area contributed by atoms with Gasteiger partial charge >= 0.3 is 0 Å². The Morgan fingerprint density at radius 1 is 1.00 bits per heavy atom. The first kappa shape index (κ1) is 18.3. The number of benzene rings is 2. The van der Waals surface area contributed by atoms with Crippen LogP contribution in [0.25, 0.3) is 11.2 Å². The van der Waals surface area contributed by atoms with Gasteiger partial charge in [-0.15, -0.1) is 0 Å². The Bertz CT molecular complexity index is 1090. The van der Waals surface area contributed by atoms with Crippen LogP contribution in [0.3, 0.4) is 0 Å². The molecule has 0 aliphatic carbocycles. The van der Waals surface area contributed by atoms with E-state index in [1.807, 2.05) is 54.6 Å². The van der Waals surface area contributed by atoms with E-state index >= 15 is 0 Å². The zero-order valence-corrected chi connectivity index (χ0v) is 16.3. The average Bonchev–Trinajstić information content (AvgIpc) is 3.10. The van der Waals surface area contributed by atoms with E-state index in [0.29, 0.717) is 5.56 Å². The number of pyridine rings is 1. The van der Waals surface area contributed by atoms with Gasteiger partial charge in [-0.1, -0.05) is 54.2 Å². The number of imidazole rings is 1. The third-order valence-corrected chi connectivity index (χ3v) is 5.51. The van der Waals surface area contributed by atoms with Gasteiger partial charge in [0.05, 0.1) is 6.54 Å². The molecule has 0 aliphatic rings. The van der Waals surface area contributed by atoms with Gasteiger partial charge in [0.2, 0.25) is 0 Å². The monoisotopic (exact) mass is 388 g/mol. The number of nitrogens with one attached hydrogen (secondary N) is 1. The number of nitrogens with zero attached hydrogens (tertiary/aromatic N) is 3. The molecule has 0 saturated heterocycles. The molecule has 6 heteroatoms. The number of carbonyl (C=O) groups is 1. The predicted molar refractivity (Wildman–Crippen MR) is 112 cm³/mol. The lowest BCUT2D eigenvalue weighted by Gasteiger charge is -2.09. The maximum Gasteiger partial charge on any atom is 0.251 e. The van der Waals surface area contributed by atoms with E-state index in [4.69, 9.17) is 4.98 Å². The molecule has 28 heavy (non-hydrogen) atoms. The van der Waals surface area contributed by atoms with E-state index in [2.05, 4.69) is 27.0 Å². The normalized spacial score (nSPS) is 10.9. The molecule has 0 radical (unpaired) electrons. The highest BCUT2D eigenvalue weighted by molar-refractivity contribution is 7.98. The number of hydrogen-bond donors (Lipinski definition) is 1. The zero-order valence-electron chi connectivity index (χ0n) is 15.5. The number of amides is 1. The summed E-state index contributed by atoms with van der Waals surface area (Å²) in [6, 6.07) is 21.9. The lowest BCUT2D eigenvalue weighted by molar-refractivity contribution is 0.0963. The fraction of sp³-hybridized carbons (Fsp3) is 0.136. The van der Waals surface area contributed by atoms with Crippen LogP contribution in [0, 0.1) is 0 Å². The highest BCUT2D eigenvalue weighted by Crippen LogP contribution is 2.27. The fourth-order valence-electron chi connectivity index (χ4n) is 3.00. The van der Waals surface area contributed by atoms with Crippen LogP contribution in [-0.2, 0) is 12.3 Å². The van der Waals surface area contributed by atoms with Gasteiger partial charge in [-0.25, -0.2) is 9.97 Å². The molecule has 0 aliphatic heterocycles. The Morgan fingerprint density at radius 2 is 1.79 bits per heavy atom. The summed E-state index contributed by atoms with van der Waals surface area (Å²) in [5.41, 5.74) is 4.81. The van der Waals surface area contributed by atoms with Crippen LogP contribution >= 0.6 is 11.8 Å². The second kappa shape index (κ2) is 8.27. The molecule has 5 nitrogen and oxygen atoms in total. The van der Waals surface area contributed by atoms with Crippen LogP contribution in [0.2, 0.25) is 0 Å². The topological polar surface area (TPSA) is 59.8 Å². The molecule has 1 amide bonds. The summed E-state index contributed by atoms with van der Waals surface area (Å²) in [6.07, 6.45) is 1.80. The first-order valence-corrected chi connectivity index (χ1v) is 10.0. The van der Waals surface area contributed by atoms with Gasteiger partial charge in [-0.05, 0) is 35.4 Å². The van der Waals surface area contributed by atoms with Crippen LogP contribution in [0.4, 0.5) is 0 Å². The Kier molecular flexibility index (Phi) is 5.39. The van der Waals surface area contributed by atoms with Crippen LogP contribution in [-0.4, -0.2) is 27.5 Å². The first-order valence-electron chi connectivity index (χ1n) is 9.03. The van der Waals surface area contributed by atoms with Gasteiger partial charge in [-0.3, -0.25) is 9.36 Å². The van der Waals surface area contributed by atoms with E-state index in [0.717, 1.165) is 34.2 Å². The molecule has 4 aromatic rings. The van der Waals surface area contributed by atoms with Crippen molar-refractivity contribution in [2.75, 3.05) is 7.05 Å². The minimum atomic E-state index is -0.0741. The van der Waals surface area contributed by atoms with Crippen molar-refractivity contribution in [3.05, 3.63) is 89.6 Å². The van der Waals surface area contributed by atoms with Crippen LogP contribution < -0.4 is 5.32 Å². The smallest absolute Gasteiger partial charge is 0.251 e. The standard InChI is InChI=1S/C22H20N4OS/c1-23-21(27)18-11-9-17(10-12-18)15-28-22-25-19-8-5-13-24-20(19)26(22)14-16-6-3-2-4-7-16/h2-13H,14-15H2,1H3,(H,23,27). The van der Waals surface area contributed by atoms with E-state index in [9.17, 15) is 4.79 Å². The fourth-order valence-corrected chi connectivity index (χ4v) is 3.96. The summed E-state index contributed by atoms with van der Waals surface area (Å²) in [7, 11) is 1.64. The van der Waals surface area contributed by atoms with Crippen LogP contribution in [0.1, 0.15) is 21.5 Å². The molecule has 0 fully saturated rings. The van der Waals surface area contributed by atoms with Gasteiger partial charge in [0.1, 0.15) is 5.52 Å². The van der Waals surface area contributed by atoms with Crippen molar-refractivity contribution in [1.82, 2.24) is 19.9 Å². The summed E-state index contributed by atoms with van der Waals surface area (Å²) in [4.78, 5) is 21.0. The van der Waals surface area contributed by atoms with E-state index in [1.54, 1.807) is 25.0 Å². The van der Waals surface area contributed by atoms with E-state index in [1.165, 1.54) is 5.56 Å². The zero-order chi connectivity index (χ0) is 19.3. The Balaban J connectivity index is 1.58. The molecule has 2 aromatic carbocycles. The molecule has 140 valence electrons. The number of thioether (sulfide) groups is 1. The van der Waals surface area contributed by atoms with Crippen LogP contribution in [0.5, 0.6) is 0 Å². The second-order valence-electron chi connectivity index (χ2n) is 6.38. The lowest BCUT2D eigenvalue weighted by atomic mass is 10.1. The summed E-state index contributed by atoms with van der Waals surface area (Å²) in [6.45, 7) is 0.728. The molecular formula is C22H20N4OS. The van der Waals surface area contributed by atoms with Gasteiger partial charge < -0.3 is 5.32 Å². The summed E-state index contributed by atoms with van der Waals surface area (Å²) < 4.78 is 2.16. The first-order chi connectivity index (χ1) is 13.7. The number of carbonyl (C=O) groups excluding carboxylic acids is 1. The van der Waals surface area contributed by atoms with Gasteiger partial charge in [0.25, 0.3) is 5.91 Å². The quantitative estimate of drug-likeness (QED) is 0.505. The molecule has 1 N–H and O–H groups in total. The molecule has 0 saturated carbocycles. The minimum absolute atomic E-state index is 0.0741. The molecule has 0 spiro atoms. The molecule has 2 heterocycles. The van der Waals surface area contributed by atoms with Crippen molar-refractivity contribution >= 4 is 28.8 Å². The lowest BCUT2D eigenvalue weighted by Crippen LogP contribution is -2.17. The minimum Gasteiger partial charge on any atom is -0.355 e. The molecule has 0 unspecified atom stereocenters. The van der Waals surface area contributed by atoms with Gasteiger partial charge in [0.15, 0.2) is 10.8 Å². The molecule has 0 bridgehead atoms. The van der Waals surface area contributed by atoms with Crippen molar-refractivity contribution < 1.29 is 4.79 Å². The predicted octanol–water partition coefficient (Wildman–Crippen LogP) is 4.13. The summed E-state index contributed by atoms with van der Waals surface area (Å²) in [5, 5.41) is 3.58. The average molecular weight is 388 g/mol. The van der Waals surface area contributed by atoms with Crippen molar-refractivity contribution in [2.45, 2.75) is 17.5 Å². The second-order valence-corrected chi connectivity index (χ2v) is 7.32. The SMILES string of the molecule is CNC(=O)c1ccc(CSc2nc3cccnc3n2Cc2ccccc2)cc1. The summed E-state index contributed by atoms with van der Waals surface area (Å²) in [5.74, 6) is 0.696. The highest BCUT2D eigenvalue weighted by atomic mass is 32.2. The number of rotatable bonds is 6. The maximum absolute atomic E-state index is 11.7. The molecule has 2 aromatic heterocycles. The molecular weight excluding hydrogens is 368 g/mol. The number of fused-ring (bicyclic) bond motifs is 1. The van der Waals surface area contributed by atoms with E-state index in [-0.39, 0.29) is 5.91 Å². The Labute approximate surface area is 167 Å². The third-order valence-electron chi connectivity index (χ3n) is 4.46. The van der Waals surface area contributed by atoms with Gasteiger partial charge in [-0.2, -0.15) is 0 Å². The number of aromatic nitrogens is 3. The molecule has 4 rings (SSSR count). The largest absolute Gasteiger partial charge is 0.355 e. The Hall–Kier alpha value is -3.12. The van der Waals surface area contributed by atoms with Crippen LogP contribution in [0.15, 0.2) is 78.1 Å². The van der Waals surface area contributed by atoms with Crippen molar-refractivity contribution in [2.24, 2.45) is 0 Å². The maximum atomic E-state index is 11.7. The Morgan fingerprint density at radius 3 is 2.54 bits per heavy atom. The third kappa shape index (κ3) is 3.92. The van der Waals surface area contributed by atoms with Crippen molar-refractivity contribution in [3.63, 3.8) is 0 Å². The van der Waals surface area contributed by atoms with Gasteiger partial charge in [0, 0.05) is 24.6 Å². The van der Waals surface area contributed by atoms with E-state index < -0.39 is 0 Å². The number of hydrogen-bond acceptors (Lipinski definition) is 4. The molecule has 0 atom stereocenters. The van der Waals surface area contributed by atoms with Crippen molar-refractivity contribution in [3.8, 4) is 0 Å². The summed E-state index contributed by atoms with van der Waals surface area (Å²) >= 11 is 1.68. The highest BCUT2D eigenvalue weighted by Gasteiger charge is 2.13. The van der Waals surface area contributed by atoms with Crippen molar-refractivity contribution in [1.29, 1.82) is 0 Å².